The predicted octanol–water partition coefficient (Wildman–Crippen LogP) is 15.3. The van der Waals surface area contributed by atoms with Gasteiger partial charge in [0.2, 0.25) is 0 Å². The average Bonchev–Trinajstić information content (AvgIpc) is 3.88. The number of nitrogens with zero attached hydrogens (tertiary/aromatic N) is 2. The minimum absolute atomic E-state index is 0.0483. The first-order valence-corrected chi connectivity index (χ1v) is 20.2. The van der Waals surface area contributed by atoms with Crippen molar-refractivity contribution in [3.8, 4) is 22.3 Å². The zero-order valence-electron chi connectivity index (χ0n) is 32.7. The minimum atomic E-state index is -0.126. The number of aromatic nitrogens is 1. The number of anilines is 2. The first kappa shape index (κ1) is 34.2. The normalized spacial score (nSPS) is 13.8. The van der Waals surface area contributed by atoms with E-state index in [9.17, 15) is 0 Å². The second-order valence-electron chi connectivity index (χ2n) is 16.1. The molecule has 1 aliphatic carbocycles. The molecule has 3 heteroatoms. The Hall–Kier alpha value is -7.10. The Labute approximate surface area is 338 Å². The van der Waals surface area contributed by atoms with Gasteiger partial charge in [-0.2, -0.15) is 0 Å². The van der Waals surface area contributed by atoms with Gasteiger partial charge in [0.15, 0.2) is 0 Å². The van der Waals surface area contributed by atoms with Crippen LogP contribution in [0.25, 0.3) is 76.8 Å². The van der Waals surface area contributed by atoms with E-state index in [0.717, 1.165) is 50.9 Å². The summed E-state index contributed by atoms with van der Waals surface area (Å²) >= 11 is 0. The van der Waals surface area contributed by atoms with Crippen LogP contribution in [0.2, 0.25) is 0 Å². The average molecular weight is 747 g/mol. The van der Waals surface area contributed by atoms with Gasteiger partial charge >= 0.3 is 0 Å². The van der Waals surface area contributed by atoms with Crippen LogP contribution in [0.5, 0.6) is 0 Å². The number of hydrogen-bond donors (Lipinski definition) is 0. The fraction of sp³-hybridized carbons (Fsp3) is 0.0909. The van der Waals surface area contributed by atoms with Crippen molar-refractivity contribution in [3.63, 3.8) is 0 Å². The molecule has 2 aromatic heterocycles. The third-order valence-electron chi connectivity index (χ3n) is 12.5. The van der Waals surface area contributed by atoms with E-state index in [1.807, 2.05) is 0 Å². The Morgan fingerprint density at radius 3 is 1.98 bits per heavy atom. The van der Waals surface area contributed by atoms with E-state index in [1.165, 1.54) is 54.8 Å². The van der Waals surface area contributed by atoms with Crippen molar-refractivity contribution in [1.82, 2.24) is 4.57 Å². The first-order chi connectivity index (χ1) is 28.5. The summed E-state index contributed by atoms with van der Waals surface area (Å²) in [5.74, 6) is 0. The number of para-hydroxylation sites is 3. The third kappa shape index (κ3) is 5.20. The molecule has 0 spiro atoms. The zero-order valence-corrected chi connectivity index (χ0v) is 32.7. The van der Waals surface area contributed by atoms with Gasteiger partial charge in [0.05, 0.1) is 17.4 Å². The molecule has 1 aliphatic rings. The molecule has 0 fully saturated rings. The molecule has 0 saturated heterocycles. The number of rotatable bonds is 8. The summed E-state index contributed by atoms with van der Waals surface area (Å²) in [6, 6.07) is 61.6. The highest BCUT2D eigenvalue weighted by Crippen LogP contribution is 2.53. The molecule has 0 bridgehead atoms. The van der Waals surface area contributed by atoms with Crippen LogP contribution >= 0.6 is 0 Å². The van der Waals surface area contributed by atoms with Gasteiger partial charge in [-0.25, -0.2) is 0 Å². The van der Waals surface area contributed by atoms with Crippen LogP contribution < -0.4 is 4.90 Å². The minimum Gasteiger partial charge on any atom is -0.456 e. The quantitative estimate of drug-likeness (QED) is 0.144. The molecule has 1 unspecified atom stereocenters. The van der Waals surface area contributed by atoms with Crippen LogP contribution in [0.15, 0.2) is 199 Å². The zero-order chi connectivity index (χ0) is 39.0. The lowest BCUT2D eigenvalue weighted by molar-refractivity contribution is 0.654. The summed E-state index contributed by atoms with van der Waals surface area (Å²) in [5.41, 5.74) is 14.0. The molecule has 0 amide bonds. The Morgan fingerprint density at radius 1 is 0.586 bits per heavy atom. The van der Waals surface area contributed by atoms with Gasteiger partial charge in [0.25, 0.3) is 0 Å². The van der Waals surface area contributed by atoms with Crippen LogP contribution in [-0.2, 0) is 5.41 Å². The van der Waals surface area contributed by atoms with Crippen LogP contribution in [0, 0.1) is 0 Å². The van der Waals surface area contributed by atoms with Crippen LogP contribution in [0.3, 0.4) is 0 Å². The van der Waals surface area contributed by atoms with Gasteiger partial charge in [0, 0.05) is 55.3 Å². The maximum atomic E-state index is 6.44. The van der Waals surface area contributed by atoms with Crippen molar-refractivity contribution >= 4 is 65.9 Å². The first-order valence-electron chi connectivity index (χ1n) is 20.2. The van der Waals surface area contributed by atoms with Crippen LogP contribution in [0.4, 0.5) is 11.4 Å². The van der Waals surface area contributed by atoms with E-state index in [0.29, 0.717) is 0 Å². The lowest BCUT2D eigenvalue weighted by atomic mass is 9.82. The molecular weight excluding hydrogens is 705 g/mol. The maximum Gasteiger partial charge on any atom is 0.136 e. The van der Waals surface area contributed by atoms with Gasteiger partial charge < -0.3 is 13.9 Å². The highest BCUT2D eigenvalue weighted by molar-refractivity contribution is 6.11. The summed E-state index contributed by atoms with van der Waals surface area (Å²) in [6.07, 6.45) is 7.48. The second-order valence-corrected chi connectivity index (χ2v) is 16.1. The maximum absolute atomic E-state index is 6.44. The molecule has 2 heterocycles. The predicted molar refractivity (Wildman–Crippen MR) is 245 cm³/mol. The van der Waals surface area contributed by atoms with Crippen molar-refractivity contribution in [2.24, 2.45) is 0 Å². The van der Waals surface area contributed by atoms with Crippen molar-refractivity contribution in [2.75, 3.05) is 4.90 Å². The molecular formula is C55H42N2O. The van der Waals surface area contributed by atoms with E-state index in [-0.39, 0.29) is 11.5 Å². The van der Waals surface area contributed by atoms with Gasteiger partial charge in [-0.15, -0.1) is 6.58 Å². The van der Waals surface area contributed by atoms with Gasteiger partial charge in [-0.1, -0.05) is 147 Å². The molecule has 10 aromatic rings. The molecule has 0 N–H and O–H groups in total. The Bertz CT molecular complexity index is 3230. The summed E-state index contributed by atoms with van der Waals surface area (Å²) in [5, 5.41) is 7.16. The van der Waals surface area contributed by atoms with E-state index >= 15 is 0 Å². The highest BCUT2D eigenvalue weighted by Gasteiger charge is 2.37. The monoisotopic (exact) mass is 746 g/mol. The molecule has 1 atom stereocenters. The van der Waals surface area contributed by atoms with Crippen molar-refractivity contribution in [1.29, 1.82) is 0 Å². The summed E-state index contributed by atoms with van der Waals surface area (Å²) < 4.78 is 8.89. The van der Waals surface area contributed by atoms with E-state index < -0.39 is 0 Å². The van der Waals surface area contributed by atoms with E-state index in [2.05, 4.69) is 218 Å². The number of benzene rings is 8. The van der Waals surface area contributed by atoms with Crippen molar-refractivity contribution in [2.45, 2.75) is 31.7 Å². The fourth-order valence-electron chi connectivity index (χ4n) is 9.71. The SMILES string of the molecule is C=CC(C/C=C/N(c1ccccc1-c1ccc2oc3cc4ccccc4cc3c2c1)c1cccc2c1-c1ccccc1C2(C)C)n1c2ccccc2c2ccccc21. The Morgan fingerprint density at radius 2 is 1.21 bits per heavy atom. The van der Waals surface area contributed by atoms with E-state index in [1.54, 1.807) is 0 Å². The lowest BCUT2D eigenvalue weighted by Crippen LogP contribution is -2.16. The molecule has 0 saturated carbocycles. The largest absolute Gasteiger partial charge is 0.456 e. The number of fused-ring (bicyclic) bond motifs is 10. The Balaban J connectivity index is 1.08. The third-order valence-corrected chi connectivity index (χ3v) is 12.5. The number of hydrogen-bond acceptors (Lipinski definition) is 2. The fourth-order valence-corrected chi connectivity index (χ4v) is 9.71. The smallest absolute Gasteiger partial charge is 0.136 e. The molecule has 278 valence electrons. The van der Waals surface area contributed by atoms with Crippen molar-refractivity contribution < 1.29 is 4.42 Å². The second kappa shape index (κ2) is 13.2. The molecule has 0 aliphatic heterocycles. The highest BCUT2D eigenvalue weighted by atomic mass is 16.3. The topological polar surface area (TPSA) is 21.3 Å². The number of allylic oxidation sites excluding steroid dienone is 2. The lowest BCUT2D eigenvalue weighted by Gasteiger charge is -2.28. The summed E-state index contributed by atoms with van der Waals surface area (Å²) in [4.78, 5) is 2.42. The number of furan rings is 1. The van der Waals surface area contributed by atoms with Gasteiger partial charge in [-0.05, 0) is 88.0 Å². The van der Waals surface area contributed by atoms with Crippen LogP contribution in [0.1, 0.15) is 37.4 Å². The van der Waals surface area contributed by atoms with Crippen molar-refractivity contribution in [3.05, 3.63) is 206 Å². The molecule has 0 radical (unpaired) electrons. The van der Waals surface area contributed by atoms with Gasteiger partial charge in [-0.3, -0.25) is 0 Å². The van der Waals surface area contributed by atoms with Crippen LogP contribution in [-0.4, -0.2) is 4.57 Å². The molecule has 3 nitrogen and oxygen atoms in total. The summed E-state index contributed by atoms with van der Waals surface area (Å²) in [7, 11) is 0. The molecule has 58 heavy (non-hydrogen) atoms. The van der Waals surface area contributed by atoms with E-state index in [4.69, 9.17) is 4.42 Å². The summed E-state index contributed by atoms with van der Waals surface area (Å²) in [6.45, 7) is 9.07. The standard InChI is InChI=1S/C55H42N2O/c1-4-39(57-49-27-13-9-21-41(49)42-22-10-14-28-50(42)57)19-16-32-56(51-29-15-25-47-54(51)43-23-7-11-24-46(43)55(47,2)3)48-26-12-8-20-40(48)38-30-31-52-44(34-38)45-33-36-17-5-6-18-37(36)35-53(45)58-52/h4-18,20-35,39H,1,19H2,2-3H3/b32-16+. The molecule has 11 rings (SSSR count). The van der Waals surface area contributed by atoms with Gasteiger partial charge in [0.1, 0.15) is 11.2 Å². The molecule has 8 aromatic carbocycles. The Kier molecular flexibility index (Phi) is 7.81.